The quantitative estimate of drug-likeness (QED) is 0.784. The van der Waals surface area contributed by atoms with Crippen molar-refractivity contribution in [1.29, 1.82) is 0 Å². The van der Waals surface area contributed by atoms with Crippen LogP contribution in [0.5, 0.6) is 0 Å². The van der Waals surface area contributed by atoms with Crippen LogP contribution in [0.3, 0.4) is 0 Å². The van der Waals surface area contributed by atoms with Crippen LogP contribution in [-0.4, -0.2) is 16.6 Å². The smallest absolute Gasteiger partial charge is 0.291 e. The molecule has 0 saturated heterocycles. The van der Waals surface area contributed by atoms with Gasteiger partial charge in [-0.25, -0.2) is 0 Å². The summed E-state index contributed by atoms with van der Waals surface area (Å²) >= 11 is 0. The maximum atomic E-state index is 13.1. The summed E-state index contributed by atoms with van der Waals surface area (Å²) in [6.45, 7) is 1.87. The summed E-state index contributed by atoms with van der Waals surface area (Å²) in [6.07, 6.45) is 14.3. The van der Waals surface area contributed by atoms with E-state index in [0.717, 1.165) is 49.9 Å². The SMILES string of the molecule is Cc1noc(C(=O)NC23CC4CC(CC(C4)C2)C3)c1C#CC1=CCCCC1. The minimum Gasteiger partial charge on any atom is -0.349 e. The Bertz CT molecular complexity index is 816. The fourth-order valence-corrected chi connectivity index (χ4v) is 6.33. The lowest BCUT2D eigenvalue weighted by Gasteiger charge is -2.56. The van der Waals surface area contributed by atoms with E-state index in [1.54, 1.807) is 0 Å². The second kappa shape index (κ2) is 6.55. The van der Waals surface area contributed by atoms with E-state index in [2.05, 4.69) is 28.4 Å². The fourth-order valence-electron chi connectivity index (χ4n) is 6.33. The standard InChI is InChI=1S/C23H28N2O2/c1-15-20(8-7-16-5-3-2-4-6-16)21(27-25-15)22(26)24-23-12-17-9-18(13-23)11-19(10-17)14-23/h5,17-19H,2-4,6,9-14H2,1H3,(H,24,26). The van der Waals surface area contributed by atoms with Gasteiger partial charge in [0.25, 0.3) is 5.91 Å². The van der Waals surface area contributed by atoms with Crippen molar-refractivity contribution in [3.63, 3.8) is 0 Å². The number of carbonyl (C=O) groups is 1. The van der Waals surface area contributed by atoms with Crippen molar-refractivity contribution < 1.29 is 9.32 Å². The molecular weight excluding hydrogens is 336 g/mol. The molecular formula is C23H28N2O2. The number of amides is 1. The van der Waals surface area contributed by atoms with Crippen molar-refractivity contribution in [2.24, 2.45) is 17.8 Å². The molecule has 6 rings (SSSR count). The highest BCUT2D eigenvalue weighted by atomic mass is 16.5. The Balaban J connectivity index is 1.37. The van der Waals surface area contributed by atoms with Gasteiger partial charge in [0.05, 0.1) is 5.69 Å². The molecule has 0 atom stereocenters. The van der Waals surface area contributed by atoms with Gasteiger partial charge in [0.1, 0.15) is 5.56 Å². The summed E-state index contributed by atoms with van der Waals surface area (Å²) in [6, 6.07) is 0. The van der Waals surface area contributed by atoms with Crippen LogP contribution in [0.25, 0.3) is 0 Å². The van der Waals surface area contributed by atoms with Crippen LogP contribution in [0.15, 0.2) is 16.2 Å². The van der Waals surface area contributed by atoms with Gasteiger partial charge in [-0.3, -0.25) is 4.79 Å². The summed E-state index contributed by atoms with van der Waals surface area (Å²) in [5, 5.41) is 7.42. The van der Waals surface area contributed by atoms with E-state index in [0.29, 0.717) is 17.0 Å². The van der Waals surface area contributed by atoms with Crippen molar-refractivity contribution in [3.8, 4) is 11.8 Å². The van der Waals surface area contributed by atoms with Crippen molar-refractivity contribution in [1.82, 2.24) is 10.5 Å². The minimum atomic E-state index is -0.125. The third-order valence-electron chi connectivity index (χ3n) is 7.12. The van der Waals surface area contributed by atoms with Gasteiger partial charge in [-0.1, -0.05) is 23.1 Å². The van der Waals surface area contributed by atoms with Crippen molar-refractivity contribution >= 4 is 5.91 Å². The molecule has 1 aromatic rings. The van der Waals surface area contributed by atoms with Crippen LogP contribution in [0, 0.1) is 36.5 Å². The Hall–Kier alpha value is -2.02. The molecule has 1 amide bonds. The summed E-state index contributed by atoms with van der Waals surface area (Å²) in [4.78, 5) is 13.1. The Kier molecular flexibility index (Phi) is 4.15. The van der Waals surface area contributed by atoms with Gasteiger partial charge in [-0.15, -0.1) is 0 Å². The van der Waals surface area contributed by atoms with Gasteiger partial charge in [0.15, 0.2) is 0 Å². The van der Waals surface area contributed by atoms with Crippen LogP contribution in [0.2, 0.25) is 0 Å². The first-order chi connectivity index (χ1) is 13.1. The molecule has 0 unspecified atom stereocenters. The minimum absolute atomic E-state index is 0.0247. The number of nitrogens with zero attached hydrogens (tertiary/aromatic N) is 1. The van der Waals surface area contributed by atoms with Gasteiger partial charge in [0.2, 0.25) is 5.76 Å². The monoisotopic (exact) mass is 364 g/mol. The normalized spacial score (nSPS) is 34.0. The predicted octanol–water partition coefficient (Wildman–Crippen LogP) is 4.53. The fraction of sp³-hybridized carbons (Fsp3) is 0.652. The molecule has 0 spiro atoms. The molecule has 0 aliphatic heterocycles. The van der Waals surface area contributed by atoms with E-state index in [-0.39, 0.29) is 11.4 Å². The maximum absolute atomic E-state index is 13.1. The largest absolute Gasteiger partial charge is 0.349 e. The van der Waals surface area contributed by atoms with E-state index in [4.69, 9.17) is 4.52 Å². The Labute approximate surface area is 161 Å². The highest BCUT2D eigenvalue weighted by Crippen LogP contribution is 2.55. The molecule has 1 aromatic heterocycles. The third kappa shape index (κ3) is 3.22. The van der Waals surface area contributed by atoms with E-state index in [1.807, 2.05) is 6.92 Å². The van der Waals surface area contributed by atoms with Crippen LogP contribution in [0.1, 0.15) is 86.0 Å². The Morgan fingerprint density at radius 2 is 1.85 bits per heavy atom. The number of nitrogens with one attached hydrogen (secondary N) is 1. The van der Waals surface area contributed by atoms with E-state index < -0.39 is 0 Å². The molecule has 4 fully saturated rings. The number of hydrogen-bond acceptors (Lipinski definition) is 3. The van der Waals surface area contributed by atoms with Crippen molar-refractivity contribution in [3.05, 3.63) is 28.7 Å². The molecule has 4 nitrogen and oxygen atoms in total. The van der Waals surface area contributed by atoms with Gasteiger partial charge < -0.3 is 9.84 Å². The first-order valence-electron chi connectivity index (χ1n) is 10.6. The summed E-state index contributed by atoms with van der Waals surface area (Å²) in [5.41, 5.74) is 2.51. The van der Waals surface area contributed by atoms with Crippen molar-refractivity contribution in [2.45, 2.75) is 76.7 Å². The van der Waals surface area contributed by atoms with Crippen LogP contribution < -0.4 is 5.32 Å². The molecule has 5 aliphatic rings. The van der Waals surface area contributed by atoms with E-state index in [1.165, 1.54) is 37.7 Å². The van der Waals surface area contributed by atoms with Gasteiger partial charge >= 0.3 is 0 Å². The lowest BCUT2D eigenvalue weighted by molar-refractivity contribution is -0.0172. The second-order valence-corrected chi connectivity index (χ2v) is 9.35. The van der Waals surface area contributed by atoms with Crippen LogP contribution in [0.4, 0.5) is 0 Å². The average Bonchev–Trinajstić information content (AvgIpc) is 3.00. The molecule has 1 N–H and O–H groups in total. The zero-order valence-corrected chi connectivity index (χ0v) is 16.1. The third-order valence-corrected chi connectivity index (χ3v) is 7.12. The number of aryl methyl sites for hydroxylation is 1. The maximum Gasteiger partial charge on any atom is 0.291 e. The van der Waals surface area contributed by atoms with E-state index in [9.17, 15) is 4.79 Å². The van der Waals surface area contributed by atoms with Crippen molar-refractivity contribution in [2.75, 3.05) is 0 Å². The lowest BCUT2D eigenvalue weighted by atomic mass is 9.53. The molecule has 1 heterocycles. The number of allylic oxidation sites excluding steroid dienone is 2. The Morgan fingerprint density at radius 1 is 1.15 bits per heavy atom. The van der Waals surface area contributed by atoms with Crippen LogP contribution in [-0.2, 0) is 0 Å². The molecule has 4 heteroatoms. The molecule has 142 valence electrons. The summed E-state index contributed by atoms with van der Waals surface area (Å²) in [5.74, 6) is 9.00. The highest BCUT2D eigenvalue weighted by molar-refractivity contribution is 5.94. The molecule has 27 heavy (non-hydrogen) atoms. The average molecular weight is 364 g/mol. The molecule has 0 aromatic carbocycles. The molecule has 4 saturated carbocycles. The molecule has 5 aliphatic carbocycles. The van der Waals surface area contributed by atoms with E-state index >= 15 is 0 Å². The number of aromatic nitrogens is 1. The second-order valence-electron chi connectivity index (χ2n) is 9.35. The number of hydrogen-bond donors (Lipinski definition) is 1. The molecule has 0 radical (unpaired) electrons. The molecule has 4 bridgehead atoms. The van der Waals surface area contributed by atoms with Gasteiger partial charge in [-0.05, 0) is 94.5 Å². The topological polar surface area (TPSA) is 55.1 Å². The zero-order chi connectivity index (χ0) is 18.4. The lowest BCUT2D eigenvalue weighted by Crippen LogP contribution is -2.59. The van der Waals surface area contributed by atoms with Gasteiger partial charge in [0, 0.05) is 5.54 Å². The highest BCUT2D eigenvalue weighted by Gasteiger charge is 2.51. The van der Waals surface area contributed by atoms with Gasteiger partial charge in [-0.2, -0.15) is 0 Å². The van der Waals surface area contributed by atoms with Crippen LogP contribution >= 0.6 is 0 Å². The summed E-state index contributed by atoms with van der Waals surface area (Å²) in [7, 11) is 0. The number of carbonyl (C=O) groups excluding carboxylic acids is 1. The predicted molar refractivity (Wildman–Crippen MR) is 103 cm³/mol. The Morgan fingerprint density at radius 3 is 2.48 bits per heavy atom. The first-order valence-corrected chi connectivity index (χ1v) is 10.6. The number of rotatable bonds is 2. The zero-order valence-electron chi connectivity index (χ0n) is 16.1. The summed E-state index contributed by atoms with van der Waals surface area (Å²) < 4.78 is 5.43. The first kappa shape index (κ1) is 17.1.